The third-order valence-corrected chi connectivity index (χ3v) is 5.28. The number of rotatable bonds is 8. The molecule has 1 heterocycles. The summed E-state index contributed by atoms with van der Waals surface area (Å²) in [5, 5.41) is 20.8. The molecule has 0 radical (unpaired) electrons. The number of methoxy groups -OCH3 is 1. The van der Waals surface area contributed by atoms with Crippen molar-refractivity contribution >= 4 is 23.4 Å². The summed E-state index contributed by atoms with van der Waals surface area (Å²) < 4.78 is 12.9. The molecular formula is C21H21N5O3S. The number of nitrogens with one attached hydrogen (secondary N) is 1. The lowest BCUT2D eigenvalue weighted by atomic mass is 10.2. The number of benzene rings is 2. The fourth-order valence-corrected chi connectivity index (χ4v) is 3.44. The van der Waals surface area contributed by atoms with Gasteiger partial charge in [-0.3, -0.25) is 4.79 Å². The Labute approximate surface area is 178 Å². The second-order valence-electron chi connectivity index (χ2n) is 6.33. The quantitative estimate of drug-likeness (QED) is 0.553. The molecule has 8 nitrogen and oxygen atoms in total. The SMILES string of the molecule is COc1ccc(O[C@@H](C)c2nnc(SCC(=O)Nc3ccccc3C#N)n2C)cc1. The minimum atomic E-state index is -0.332. The Bertz CT molecular complexity index is 1060. The highest BCUT2D eigenvalue weighted by molar-refractivity contribution is 7.99. The van der Waals surface area contributed by atoms with Gasteiger partial charge < -0.3 is 19.4 Å². The maximum atomic E-state index is 12.3. The summed E-state index contributed by atoms with van der Waals surface area (Å²) in [6.45, 7) is 1.88. The summed E-state index contributed by atoms with van der Waals surface area (Å²) in [6.07, 6.45) is -0.332. The summed E-state index contributed by atoms with van der Waals surface area (Å²) in [6, 6.07) is 16.2. The van der Waals surface area contributed by atoms with Crippen molar-refractivity contribution in [3.8, 4) is 17.6 Å². The molecule has 0 aliphatic rings. The van der Waals surface area contributed by atoms with Gasteiger partial charge in [-0.2, -0.15) is 5.26 Å². The van der Waals surface area contributed by atoms with Crippen LogP contribution < -0.4 is 14.8 Å². The largest absolute Gasteiger partial charge is 0.497 e. The zero-order chi connectivity index (χ0) is 21.5. The standard InChI is InChI=1S/C21H21N5O3S/c1-14(29-17-10-8-16(28-3)9-11-17)20-24-25-21(26(20)2)30-13-19(27)23-18-7-5-4-6-15(18)12-22/h4-11,14H,13H2,1-3H3,(H,23,27)/t14-/m0/s1. The van der Waals surface area contributed by atoms with E-state index in [9.17, 15) is 4.79 Å². The van der Waals surface area contributed by atoms with E-state index < -0.39 is 0 Å². The second-order valence-corrected chi connectivity index (χ2v) is 7.27. The summed E-state index contributed by atoms with van der Waals surface area (Å²) >= 11 is 1.26. The van der Waals surface area contributed by atoms with Crippen molar-refractivity contribution < 1.29 is 14.3 Å². The van der Waals surface area contributed by atoms with Gasteiger partial charge in [0.05, 0.1) is 24.1 Å². The van der Waals surface area contributed by atoms with Crippen LogP contribution in [0.1, 0.15) is 24.4 Å². The first kappa shape index (κ1) is 21.2. The zero-order valence-electron chi connectivity index (χ0n) is 16.8. The van der Waals surface area contributed by atoms with Crippen LogP contribution in [0.2, 0.25) is 0 Å². The van der Waals surface area contributed by atoms with E-state index in [2.05, 4.69) is 21.6 Å². The maximum Gasteiger partial charge on any atom is 0.234 e. The van der Waals surface area contributed by atoms with Gasteiger partial charge in [-0.1, -0.05) is 23.9 Å². The maximum absolute atomic E-state index is 12.3. The average Bonchev–Trinajstić information content (AvgIpc) is 3.13. The number of nitrogens with zero attached hydrogens (tertiary/aromatic N) is 4. The van der Waals surface area contributed by atoms with Crippen LogP contribution in [-0.2, 0) is 11.8 Å². The smallest absolute Gasteiger partial charge is 0.234 e. The molecule has 0 fully saturated rings. The Kier molecular flexibility index (Phi) is 6.93. The number of aromatic nitrogens is 3. The number of nitriles is 1. The number of amides is 1. The molecular weight excluding hydrogens is 402 g/mol. The van der Waals surface area contributed by atoms with Crippen molar-refractivity contribution in [2.24, 2.45) is 7.05 Å². The molecule has 0 aliphatic heterocycles. The number of ether oxygens (including phenoxy) is 2. The number of hydrogen-bond donors (Lipinski definition) is 1. The molecule has 2 aromatic carbocycles. The van der Waals surface area contributed by atoms with E-state index in [4.69, 9.17) is 14.7 Å². The van der Waals surface area contributed by atoms with Gasteiger partial charge >= 0.3 is 0 Å². The lowest BCUT2D eigenvalue weighted by Gasteiger charge is -2.14. The highest BCUT2D eigenvalue weighted by atomic mass is 32.2. The molecule has 0 aliphatic carbocycles. The Morgan fingerprint density at radius 3 is 2.60 bits per heavy atom. The highest BCUT2D eigenvalue weighted by Crippen LogP contribution is 2.25. The lowest BCUT2D eigenvalue weighted by molar-refractivity contribution is -0.113. The molecule has 0 saturated carbocycles. The topological polar surface area (TPSA) is 102 Å². The summed E-state index contributed by atoms with van der Waals surface area (Å²) in [7, 11) is 3.44. The number of carbonyl (C=O) groups excluding carboxylic acids is 1. The fourth-order valence-electron chi connectivity index (χ4n) is 2.72. The molecule has 30 heavy (non-hydrogen) atoms. The van der Waals surface area contributed by atoms with Crippen molar-refractivity contribution in [2.45, 2.75) is 18.2 Å². The number of anilines is 1. The zero-order valence-corrected chi connectivity index (χ0v) is 17.6. The highest BCUT2D eigenvalue weighted by Gasteiger charge is 2.18. The number of hydrogen-bond acceptors (Lipinski definition) is 7. The molecule has 0 bridgehead atoms. The Morgan fingerprint density at radius 2 is 1.90 bits per heavy atom. The van der Waals surface area contributed by atoms with Crippen LogP contribution in [0.5, 0.6) is 11.5 Å². The van der Waals surface area contributed by atoms with Crippen molar-refractivity contribution in [3.05, 3.63) is 59.9 Å². The molecule has 0 unspecified atom stereocenters. The third-order valence-electron chi connectivity index (χ3n) is 4.26. The minimum Gasteiger partial charge on any atom is -0.497 e. The predicted molar refractivity (Wildman–Crippen MR) is 114 cm³/mol. The molecule has 1 N–H and O–H groups in total. The lowest BCUT2D eigenvalue weighted by Crippen LogP contribution is -2.15. The predicted octanol–water partition coefficient (Wildman–Crippen LogP) is 3.57. The van der Waals surface area contributed by atoms with E-state index in [1.165, 1.54) is 11.8 Å². The van der Waals surface area contributed by atoms with Gasteiger partial charge in [0.2, 0.25) is 5.91 Å². The molecule has 154 valence electrons. The third kappa shape index (κ3) is 5.10. The van der Waals surface area contributed by atoms with Crippen LogP contribution in [0.25, 0.3) is 0 Å². The Morgan fingerprint density at radius 1 is 1.20 bits per heavy atom. The van der Waals surface area contributed by atoms with Crippen molar-refractivity contribution in [1.82, 2.24) is 14.8 Å². The first-order chi connectivity index (χ1) is 14.5. The van der Waals surface area contributed by atoms with Gasteiger partial charge in [-0.15, -0.1) is 10.2 Å². The molecule has 9 heteroatoms. The molecule has 1 atom stereocenters. The fraction of sp³-hybridized carbons (Fsp3) is 0.238. The van der Waals surface area contributed by atoms with Crippen molar-refractivity contribution in [1.29, 1.82) is 5.26 Å². The minimum absolute atomic E-state index is 0.138. The Hall–Kier alpha value is -3.51. The molecule has 0 saturated heterocycles. The summed E-state index contributed by atoms with van der Waals surface area (Å²) in [4.78, 5) is 12.3. The monoisotopic (exact) mass is 423 g/mol. The van der Waals surface area contributed by atoms with Crippen LogP contribution in [0, 0.1) is 11.3 Å². The first-order valence-electron chi connectivity index (χ1n) is 9.13. The van der Waals surface area contributed by atoms with Gasteiger partial charge in [0, 0.05) is 7.05 Å². The van der Waals surface area contributed by atoms with E-state index in [1.54, 1.807) is 35.9 Å². The van der Waals surface area contributed by atoms with Gasteiger partial charge in [0.15, 0.2) is 17.1 Å². The van der Waals surface area contributed by atoms with E-state index in [-0.39, 0.29) is 17.8 Å². The van der Waals surface area contributed by atoms with E-state index in [1.807, 2.05) is 38.2 Å². The van der Waals surface area contributed by atoms with Gasteiger partial charge in [-0.25, -0.2) is 0 Å². The number of carbonyl (C=O) groups is 1. The average molecular weight is 423 g/mol. The normalized spacial score (nSPS) is 11.4. The van der Waals surface area contributed by atoms with Gasteiger partial charge in [0.25, 0.3) is 0 Å². The molecule has 3 aromatic rings. The van der Waals surface area contributed by atoms with Crippen molar-refractivity contribution in [3.63, 3.8) is 0 Å². The van der Waals surface area contributed by atoms with Crippen LogP contribution in [-0.4, -0.2) is 33.5 Å². The summed E-state index contributed by atoms with van der Waals surface area (Å²) in [5.41, 5.74) is 0.909. The molecule has 0 spiro atoms. The molecule has 3 rings (SSSR count). The van der Waals surface area contributed by atoms with Crippen LogP contribution >= 0.6 is 11.8 Å². The molecule has 1 amide bonds. The summed E-state index contributed by atoms with van der Waals surface area (Å²) in [5.74, 6) is 2.00. The van der Waals surface area contributed by atoms with E-state index in [0.29, 0.717) is 28.0 Å². The van der Waals surface area contributed by atoms with Gasteiger partial charge in [0.1, 0.15) is 17.6 Å². The number of para-hydroxylation sites is 1. The van der Waals surface area contributed by atoms with Crippen LogP contribution in [0.4, 0.5) is 5.69 Å². The first-order valence-corrected chi connectivity index (χ1v) is 10.1. The van der Waals surface area contributed by atoms with E-state index >= 15 is 0 Å². The Balaban J connectivity index is 1.59. The van der Waals surface area contributed by atoms with Crippen LogP contribution in [0.15, 0.2) is 53.7 Å². The van der Waals surface area contributed by atoms with Gasteiger partial charge in [-0.05, 0) is 43.3 Å². The van der Waals surface area contributed by atoms with E-state index in [0.717, 1.165) is 5.75 Å². The number of thioether (sulfide) groups is 1. The second kappa shape index (κ2) is 9.80. The van der Waals surface area contributed by atoms with Crippen LogP contribution in [0.3, 0.4) is 0 Å². The molecule has 1 aromatic heterocycles. The van der Waals surface area contributed by atoms with Crippen molar-refractivity contribution in [2.75, 3.05) is 18.2 Å².